The van der Waals surface area contributed by atoms with Gasteiger partial charge in [0, 0.05) is 6.54 Å². The highest BCUT2D eigenvalue weighted by molar-refractivity contribution is 6.42. The second-order valence-corrected chi connectivity index (χ2v) is 7.72. The standard InChI is InChI=1S/C12H13NO2.C11H9Cl2F3N2/c1-4-5-6-7-9(2)12-11(8-14)10(3)15-13-12;1-2-18-9-4-7(13)6(12)3-8(9)17-10(18)5-11(14,15)16/h4-8H,1H2,2-3H3;3-4H,2,5H2,1H3/b6-5-,9-7+;. The maximum absolute atomic E-state index is 12.4. The van der Waals surface area contributed by atoms with E-state index in [4.69, 9.17) is 27.7 Å². The number of hydrogen-bond acceptors (Lipinski definition) is 4. The molecule has 0 aliphatic heterocycles. The van der Waals surface area contributed by atoms with Crippen LogP contribution in [0.25, 0.3) is 16.6 Å². The number of imidazole rings is 1. The van der Waals surface area contributed by atoms with Crippen LogP contribution in [0.3, 0.4) is 0 Å². The van der Waals surface area contributed by atoms with Gasteiger partial charge in [-0.3, -0.25) is 4.79 Å². The lowest BCUT2D eigenvalue weighted by Gasteiger charge is -2.08. The summed E-state index contributed by atoms with van der Waals surface area (Å²) in [4.78, 5) is 14.8. The quantitative estimate of drug-likeness (QED) is 0.261. The minimum atomic E-state index is -4.29. The van der Waals surface area contributed by atoms with E-state index in [1.54, 1.807) is 26.0 Å². The van der Waals surface area contributed by atoms with E-state index in [-0.39, 0.29) is 10.8 Å². The first-order valence-corrected chi connectivity index (χ1v) is 10.6. The van der Waals surface area contributed by atoms with Gasteiger partial charge in [0.15, 0.2) is 6.29 Å². The molecular formula is C23H22Cl2F3N3O2. The fourth-order valence-electron chi connectivity index (χ4n) is 3.00. The number of rotatable bonds is 6. The normalized spacial score (nSPS) is 12.2. The molecule has 0 spiro atoms. The van der Waals surface area contributed by atoms with E-state index in [9.17, 15) is 18.0 Å². The smallest absolute Gasteiger partial charge is 0.360 e. The molecule has 1 aromatic carbocycles. The third-order valence-corrected chi connectivity index (χ3v) is 5.26. The molecule has 0 bridgehead atoms. The maximum atomic E-state index is 12.4. The van der Waals surface area contributed by atoms with Gasteiger partial charge in [-0.2, -0.15) is 13.2 Å². The first-order valence-electron chi connectivity index (χ1n) is 9.81. The molecule has 3 rings (SSSR count). The van der Waals surface area contributed by atoms with Crippen molar-refractivity contribution < 1.29 is 22.5 Å². The molecule has 0 saturated heterocycles. The molecule has 0 unspecified atom stereocenters. The van der Waals surface area contributed by atoms with Crippen LogP contribution in [-0.4, -0.2) is 27.2 Å². The summed E-state index contributed by atoms with van der Waals surface area (Å²) in [5, 5.41) is 4.42. The van der Waals surface area contributed by atoms with Crippen LogP contribution in [0, 0.1) is 6.92 Å². The van der Waals surface area contributed by atoms with Crippen molar-refractivity contribution in [3.8, 4) is 0 Å². The second kappa shape index (κ2) is 11.3. The van der Waals surface area contributed by atoms with Crippen molar-refractivity contribution in [3.63, 3.8) is 0 Å². The van der Waals surface area contributed by atoms with Crippen molar-refractivity contribution in [1.82, 2.24) is 14.7 Å². The predicted molar refractivity (Wildman–Crippen MR) is 125 cm³/mol. The number of aryl methyl sites for hydroxylation is 2. The predicted octanol–water partition coefficient (Wildman–Crippen LogP) is 7.41. The molecular weight excluding hydrogens is 478 g/mol. The number of carbonyl (C=O) groups excluding carboxylic acids is 1. The molecule has 3 aromatic rings. The van der Waals surface area contributed by atoms with Gasteiger partial charge >= 0.3 is 6.18 Å². The van der Waals surface area contributed by atoms with Crippen LogP contribution in [-0.2, 0) is 13.0 Å². The zero-order valence-corrected chi connectivity index (χ0v) is 19.7. The van der Waals surface area contributed by atoms with Crippen LogP contribution >= 0.6 is 23.2 Å². The van der Waals surface area contributed by atoms with E-state index in [0.717, 1.165) is 11.9 Å². The van der Waals surface area contributed by atoms with Crippen molar-refractivity contribution in [2.75, 3.05) is 0 Å². The highest BCUT2D eigenvalue weighted by Gasteiger charge is 2.31. The average Bonchev–Trinajstić information content (AvgIpc) is 3.26. The number of fused-ring (bicyclic) bond motifs is 1. The summed E-state index contributed by atoms with van der Waals surface area (Å²) >= 11 is 11.7. The molecule has 176 valence electrons. The zero-order chi connectivity index (χ0) is 24.8. The number of alkyl halides is 3. The Morgan fingerprint density at radius 1 is 1.24 bits per heavy atom. The molecule has 0 atom stereocenters. The Morgan fingerprint density at radius 2 is 1.91 bits per heavy atom. The van der Waals surface area contributed by atoms with Gasteiger partial charge in [0.25, 0.3) is 0 Å². The highest BCUT2D eigenvalue weighted by atomic mass is 35.5. The molecule has 0 saturated carbocycles. The van der Waals surface area contributed by atoms with Gasteiger partial charge in [-0.25, -0.2) is 4.98 Å². The lowest BCUT2D eigenvalue weighted by atomic mass is 10.1. The van der Waals surface area contributed by atoms with Crippen molar-refractivity contribution >= 4 is 46.1 Å². The first-order chi connectivity index (χ1) is 15.5. The number of carbonyl (C=O) groups is 1. The van der Waals surface area contributed by atoms with Crippen LogP contribution in [0.4, 0.5) is 13.2 Å². The molecule has 2 heterocycles. The number of allylic oxidation sites excluding steroid dienone is 5. The first kappa shape index (κ1) is 26.4. The fraction of sp³-hybridized carbons (Fsp3) is 0.261. The third kappa shape index (κ3) is 6.82. The van der Waals surface area contributed by atoms with Crippen LogP contribution in [0.2, 0.25) is 10.0 Å². The van der Waals surface area contributed by atoms with Crippen molar-refractivity contribution in [3.05, 3.63) is 75.9 Å². The molecule has 0 amide bonds. The molecule has 0 radical (unpaired) electrons. The molecule has 5 nitrogen and oxygen atoms in total. The van der Waals surface area contributed by atoms with E-state index in [2.05, 4.69) is 16.7 Å². The summed E-state index contributed by atoms with van der Waals surface area (Å²) in [6.07, 6.45) is 2.57. The van der Waals surface area contributed by atoms with Crippen LogP contribution in [0.1, 0.15) is 41.5 Å². The van der Waals surface area contributed by atoms with Gasteiger partial charge in [-0.15, -0.1) is 0 Å². The third-order valence-electron chi connectivity index (χ3n) is 4.54. The average molecular weight is 500 g/mol. The van der Waals surface area contributed by atoms with E-state index in [1.807, 2.05) is 19.1 Å². The monoisotopic (exact) mass is 499 g/mol. The van der Waals surface area contributed by atoms with Crippen LogP contribution in [0.15, 0.2) is 47.5 Å². The molecule has 33 heavy (non-hydrogen) atoms. The van der Waals surface area contributed by atoms with E-state index < -0.39 is 12.6 Å². The molecule has 2 aromatic heterocycles. The zero-order valence-electron chi connectivity index (χ0n) is 18.2. The van der Waals surface area contributed by atoms with Crippen molar-refractivity contribution in [1.29, 1.82) is 0 Å². The van der Waals surface area contributed by atoms with Crippen LogP contribution < -0.4 is 0 Å². The SMILES string of the molecule is C=C/C=C\C=C(/C)c1noc(C)c1C=O.CCn1c(CC(F)(F)F)nc2cc(Cl)c(Cl)cc21. The molecule has 0 N–H and O–H groups in total. The van der Waals surface area contributed by atoms with Gasteiger partial charge in [0.05, 0.1) is 26.6 Å². The topological polar surface area (TPSA) is 60.9 Å². The lowest BCUT2D eigenvalue weighted by molar-refractivity contribution is -0.128. The molecule has 10 heteroatoms. The fourth-order valence-corrected chi connectivity index (χ4v) is 3.31. The van der Waals surface area contributed by atoms with Gasteiger partial charge < -0.3 is 9.09 Å². The Kier molecular flexibility index (Phi) is 9.07. The molecule has 0 fully saturated rings. The number of aldehydes is 1. The lowest BCUT2D eigenvalue weighted by Crippen LogP contribution is -2.16. The van der Waals surface area contributed by atoms with Gasteiger partial charge in [-0.05, 0) is 38.5 Å². The summed E-state index contributed by atoms with van der Waals surface area (Å²) in [5.74, 6) is 0.513. The van der Waals surface area contributed by atoms with E-state index in [0.29, 0.717) is 39.6 Å². The Bertz CT molecular complexity index is 1210. The molecule has 0 aliphatic rings. The van der Waals surface area contributed by atoms with Gasteiger partial charge in [-0.1, -0.05) is 59.2 Å². The minimum Gasteiger partial charge on any atom is -0.360 e. The minimum absolute atomic E-state index is 0.0293. The van der Waals surface area contributed by atoms with Crippen LogP contribution in [0.5, 0.6) is 0 Å². The van der Waals surface area contributed by atoms with E-state index >= 15 is 0 Å². The van der Waals surface area contributed by atoms with Gasteiger partial charge in [0.2, 0.25) is 0 Å². The highest BCUT2D eigenvalue weighted by Crippen LogP contribution is 2.30. The van der Waals surface area contributed by atoms with Crippen molar-refractivity contribution in [2.24, 2.45) is 0 Å². The Morgan fingerprint density at radius 3 is 2.48 bits per heavy atom. The number of nitrogens with zero attached hydrogens (tertiary/aromatic N) is 3. The summed E-state index contributed by atoms with van der Waals surface area (Å²) in [6.45, 7) is 9.29. The Balaban J connectivity index is 0.000000238. The summed E-state index contributed by atoms with van der Waals surface area (Å²) in [7, 11) is 0. The number of halogens is 5. The summed E-state index contributed by atoms with van der Waals surface area (Å²) in [6, 6.07) is 3.01. The Hall–Kier alpha value is -2.84. The number of benzene rings is 1. The number of hydrogen-bond donors (Lipinski definition) is 0. The maximum Gasteiger partial charge on any atom is 0.396 e. The molecule has 0 aliphatic carbocycles. The van der Waals surface area contributed by atoms with Gasteiger partial charge in [0.1, 0.15) is 23.7 Å². The number of aromatic nitrogens is 3. The summed E-state index contributed by atoms with van der Waals surface area (Å²) in [5.41, 5.74) is 2.97. The van der Waals surface area contributed by atoms with Crippen molar-refractivity contribution in [2.45, 2.75) is 39.9 Å². The Labute approximate surface area is 199 Å². The van der Waals surface area contributed by atoms with E-state index in [1.165, 1.54) is 16.7 Å². The second-order valence-electron chi connectivity index (χ2n) is 6.91. The summed E-state index contributed by atoms with van der Waals surface area (Å²) < 4.78 is 43.8. The largest absolute Gasteiger partial charge is 0.396 e.